The molecule has 0 radical (unpaired) electrons. The van der Waals surface area contributed by atoms with Crippen LogP contribution in [0, 0.1) is 11.3 Å². The molecule has 0 bridgehead atoms. The highest BCUT2D eigenvalue weighted by atomic mass is 16.5. The summed E-state index contributed by atoms with van der Waals surface area (Å²) in [4.78, 5) is 2.59. The summed E-state index contributed by atoms with van der Waals surface area (Å²) in [5, 5.41) is 0. The fourth-order valence-electron chi connectivity index (χ4n) is 2.81. The summed E-state index contributed by atoms with van der Waals surface area (Å²) in [7, 11) is 1.78. The first-order valence-electron chi connectivity index (χ1n) is 7.34. The second-order valence-electron chi connectivity index (χ2n) is 6.96. The normalized spacial score (nSPS) is 20.2. The van der Waals surface area contributed by atoms with Gasteiger partial charge in [-0.1, -0.05) is 20.8 Å². The molecule has 0 amide bonds. The van der Waals surface area contributed by atoms with Crippen LogP contribution in [0.3, 0.4) is 0 Å². The van der Waals surface area contributed by atoms with Crippen LogP contribution >= 0.6 is 0 Å². The molecule has 0 saturated heterocycles. The summed E-state index contributed by atoms with van der Waals surface area (Å²) < 4.78 is 5.26. The Morgan fingerprint density at radius 3 is 2.33 bits per heavy atom. The molecule has 0 aromatic carbocycles. The van der Waals surface area contributed by atoms with Crippen LogP contribution in [0.15, 0.2) is 0 Å². The Hall–Kier alpha value is -0.120. The molecule has 1 saturated carbocycles. The average molecular weight is 256 g/mol. The number of methoxy groups -OCH3 is 1. The van der Waals surface area contributed by atoms with Crippen molar-refractivity contribution >= 4 is 0 Å². The van der Waals surface area contributed by atoms with Crippen molar-refractivity contribution in [2.24, 2.45) is 17.1 Å². The van der Waals surface area contributed by atoms with Gasteiger partial charge in [0, 0.05) is 32.3 Å². The highest BCUT2D eigenvalue weighted by Gasteiger charge is 2.35. The van der Waals surface area contributed by atoms with Gasteiger partial charge in [-0.3, -0.25) is 4.90 Å². The first-order chi connectivity index (χ1) is 8.39. The van der Waals surface area contributed by atoms with Gasteiger partial charge < -0.3 is 10.5 Å². The third kappa shape index (κ3) is 5.25. The van der Waals surface area contributed by atoms with Gasteiger partial charge in [-0.2, -0.15) is 0 Å². The Balaban J connectivity index is 2.64. The first kappa shape index (κ1) is 15.9. The van der Waals surface area contributed by atoms with Crippen molar-refractivity contribution in [2.45, 2.75) is 59.0 Å². The van der Waals surface area contributed by atoms with Gasteiger partial charge in [-0.25, -0.2) is 0 Å². The highest BCUT2D eigenvalue weighted by Crippen LogP contribution is 2.37. The first-order valence-corrected chi connectivity index (χ1v) is 7.34. The zero-order valence-electron chi connectivity index (χ0n) is 12.9. The third-order valence-electron chi connectivity index (χ3n) is 3.97. The van der Waals surface area contributed by atoms with Crippen molar-refractivity contribution in [3.8, 4) is 0 Å². The van der Waals surface area contributed by atoms with Crippen LogP contribution < -0.4 is 5.73 Å². The quantitative estimate of drug-likeness (QED) is 0.725. The van der Waals surface area contributed by atoms with Crippen molar-refractivity contribution < 1.29 is 4.74 Å². The molecule has 0 aromatic heterocycles. The number of hydrogen-bond donors (Lipinski definition) is 1. The van der Waals surface area contributed by atoms with Crippen LogP contribution in [-0.2, 0) is 4.74 Å². The summed E-state index contributed by atoms with van der Waals surface area (Å²) in [6.07, 6.45) is 3.93. The van der Waals surface area contributed by atoms with Gasteiger partial charge in [-0.15, -0.1) is 0 Å². The Morgan fingerprint density at radius 1 is 1.33 bits per heavy atom. The van der Waals surface area contributed by atoms with Gasteiger partial charge in [0.1, 0.15) is 0 Å². The number of nitrogens with two attached hydrogens (primary N) is 1. The van der Waals surface area contributed by atoms with E-state index >= 15 is 0 Å². The van der Waals surface area contributed by atoms with Gasteiger partial charge in [-0.05, 0) is 37.5 Å². The fourth-order valence-corrected chi connectivity index (χ4v) is 2.81. The zero-order chi connectivity index (χ0) is 13.8. The number of ether oxygens (including phenoxy) is 1. The van der Waals surface area contributed by atoms with Crippen LogP contribution in [-0.4, -0.2) is 43.8 Å². The van der Waals surface area contributed by atoms with Crippen molar-refractivity contribution in [2.75, 3.05) is 26.8 Å². The zero-order valence-corrected chi connectivity index (χ0v) is 12.9. The molecule has 0 spiro atoms. The molecule has 1 aliphatic carbocycles. The standard InChI is InChI=1S/C15H32N2O/c1-12(13-6-7-13)17(8-9-18-5)14(11-16)10-15(2,3)4/h12-14H,6-11,16H2,1-5H3. The summed E-state index contributed by atoms with van der Waals surface area (Å²) in [6.45, 7) is 11.8. The molecule has 3 heteroatoms. The van der Waals surface area contributed by atoms with E-state index in [2.05, 4.69) is 32.6 Å². The van der Waals surface area contributed by atoms with E-state index in [1.165, 1.54) is 12.8 Å². The molecule has 18 heavy (non-hydrogen) atoms. The van der Waals surface area contributed by atoms with Gasteiger partial charge in [0.15, 0.2) is 0 Å². The Labute approximate surface area is 113 Å². The topological polar surface area (TPSA) is 38.5 Å². The lowest BCUT2D eigenvalue weighted by Gasteiger charge is -2.39. The minimum Gasteiger partial charge on any atom is -0.383 e. The molecule has 0 aromatic rings. The molecule has 1 aliphatic rings. The summed E-state index contributed by atoms with van der Waals surface area (Å²) >= 11 is 0. The van der Waals surface area contributed by atoms with Crippen LogP contribution in [0.2, 0.25) is 0 Å². The Bertz CT molecular complexity index is 233. The van der Waals surface area contributed by atoms with Gasteiger partial charge >= 0.3 is 0 Å². The summed E-state index contributed by atoms with van der Waals surface area (Å²) in [5.41, 5.74) is 6.36. The number of rotatable bonds is 8. The monoisotopic (exact) mass is 256 g/mol. The molecule has 2 unspecified atom stereocenters. The van der Waals surface area contributed by atoms with Crippen molar-refractivity contribution in [3.63, 3.8) is 0 Å². The van der Waals surface area contributed by atoms with Gasteiger partial charge in [0.2, 0.25) is 0 Å². The van der Waals surface area contributed by atoms with Crippen LogP contribution in [0.5, 0.6) is 0 Å². The predicted octanol–water partition coefficient (Wildman–Crippen LogP) is 2.50. The van der Waals surface area contributed by atoms with Crippen molar-refractivity contribution in [3.05, 3.63) is 0 Å². The van der Waals surface area contributed by atoms with Crippen LogP contribution in [0.25, 0.3) is 0 Å². The minimum absolute atomic E-state index is 0.332. The van der Waals surface area contributed by atoms with E-state index in [0.717, 1.165) is 32.0 Å². The SMILES string of the molecule is COCCN(C(CN)CC(C)(C)C)C(C)C1CC1. The molecule has 0 heterocycles. The van der Waals surface area contributed by atoms with E-state index < -0.39 is 0 Å². The molecule has 2 atom stereocenters. The number of hydrogen-bond acceptors (Lipinski definition) is 3. The average Bonchev–Trinajstić information content (AvgIpc) is 3.09. The minimum atomic E-state index is 0.332. The predicted molar refractivity (Wildman–Crippen MR) is 77.7 cm³/mol. The van der Waals surface area contributed by atoms with E-state index in [-0.39, 0.29) is 0 Å². The van der Waals surface area contributed by atoms with Crippen LogP contribution in [0.4, 0.5) is 0 Å². The van der Waals surface area contributed by atoms with E-state index in [9.17, 15) is 0 Å². The van der Waals surface area contributed by atoms with Gasteiger partial charge in [0.05, 0.1) is 6.61 Å². The fraction of sp³-hybridized carbons (Fsp3) is 1.00. The van der Waals surface area contributed by atoms with E-state index in [1.807, 2.05) is 0 Å². The Morgan fingerprint density at radius 2 is 1.94 bits per heavy atom. The highest BCUT2D eigenvalue weighted by molar-refractivity contribution is 4.90. The van der Waals surface area contributed by atoms with Gasteiger partial charge in [0.25, 0.3) is 0 Å². The molecule has 2 N–H and O–H groups in total. The summed E-state index contributed by atoms with van der Waals surface area (Å²) in [6, 6.07) is 1.13. The second kappa shape index (κ2) is 6.88. The molecule has 0 aliphatic heterocycles. The van der Waals surface area contributed by atoms with E-state index in [4.69, 9.17) is 10.5 Å². The van der Waals surface area contributed by atoms with E-state index in [1.54, 1.807) is 7.11 Å². The maximum absolute atomic E-state index is 6.03. The van der Waals surface area contributed by atoms with Crippen molar-refractivity contribution in [1.29, 1.82) is 0 Å². The largest absolute Gasteiger partial charge is 0.383 e. The molecule has 3 nitrogen and oxygen atoms in total. The smallest absolute Gasteiger partial charge is 0.0589 e. The second-order valence-corrected chi connectivity index (χ2v) is 6.96. The molecular formula is C15H32N2O. The summed E-state index contributed by atoms with van der Waals surface area (Å²) in [5.74, 6) is 0.885. The lowest BCUT2D eigenvalue weighted by Crippen LogP contribution is -2.49. The maximum atomic E-state index is 6.03. The van der Waals surface area contributed by atoms with E-state index in [0.29, 0.717) is 17.5 Å². The van der Waals surface area contributed by atoms with Crippen molar-refractivity contribution in [1.82, 2.24) is 4.90 Å². The Kier molecular flexibility index (Phi) is 6.09. The molecule has 108 valence electrons. The molecule has 1 fully saturated rings. The maximum Gasteiger partial charge on any atom is 0.0589 e. The lowest BCUT2D eigenvalue weighted by molar-refractivity contribution is 0.0659. The van der Waals surface area contributed by atoms with Crippen LogP contribution in [0.1, 0.15) is 47.0 Å². The number of nitrogens with zero attached hydrogens (tertiary/aromatic N) is 1. The molecule has 1 rings (SSSR count). The third-order valence-corrected chi connectivity index (χ3v) is 3.97. The molecular weight excluding hydrogens is 224 g/mol. The lowest BCUT2D eigenvalue weighted by atomic mass is 9.87.